The molecule has 1 aliphatic rings. The van der Waals surface area contributed by atoms with E-state index in [0.717, 1.165) is 51.4 Å². The largest absolute Gasteiger partial charge is 0.481 e. The zero-order valence-electron chi connectivity index (χ0n) is 16.5. The van der Waals surface area contributed by atoms with Gasteiger partial charge < -0.3 is 9.84 Å². The number of carboxylic acid groups (broad SMARTS) is 1. The summed E-state index contributed by atoms with van der Waals surface area (Å²) < 4.78 is 6.12. The lowest BCUT2D eigenvalue weighted by atomic mass is 9.79. The molecule has 4 nitrogen and oxygen atoms in total. The highest BCUT2D eigenvalue weighted by Gasteiger charge is 2.40. The van der Waals surface area contributed by atoms with E-state index in [2.05, 4.69) is 20.8 Å². The highest BCUT2D eigenvalue weighted by Crippen LogP contribution is 2.36. The van der Waals surface area contributed by atoms with E-state index in [1.54, 1.807) is 0 Å². The first-order valence-electron chi connectivity index (χ1n) is 10.4. The van der Waals surface area contributed by atoms with Crippen LogP contribution in [0.15, 0.2) is 0 Å². The molecule has 0 aromatic carbocycles. The minimum absolute atomic E-state index is 0.260. The van der Waals surface area contributed by atoms with Crippen molar-refractivity contribution in [2.45, 2.75) is 110 Å². The van der Waals surface area contributed by atoms with Gasteiger partial charge >= 0.3 is 11.9 Å². The molecule has 0 saturated heterocycles. The minimum atomic E-state index is -0.846. The van der Waals surface area contributed by atoms with Crippen molar-refractivity contribution < 1.29 is 19.4 Å². The summed E-state index contributed by atoms with van der Waals surface area (Å²) in [6.07, 6.45) is 12.3. The molecule has 146 valence electrons. The molecule has 0 spiro atoms. The van der Waals surface area contributed by atoms with Crippen LogP contribution in [-0.4, -0.2) is 22.6 Å². The van der Waals surface area contributed by atoms with Crippen LogP contribution in [0.1, 0.15) is 104 Å². The number of carboxylic acids is 1. The SMILES string of the molecule is CCCCCCC(CCC)(CCC)OC(=O)C1CCCCC1C(=O)O. The molecule has 25 heavy (non-hydrogen) atoms. The molecule has 1 N–H and O–H groups in total. The molecule has 2 unspecified atom stereocenters. The lowest BCUT2D eigenvalue weighted by Crippen LogP contribution is -2.41. The summed E-state index contributed by atoms with van der Waals surface area (Å²) in [6, 6.07) is 0. The summed E-state index contributed by atoms with van der Waals surface area (Å²) in [7, 11) is 0. The summed E-state index contributed by atoms with van der Waals surface area (Å²) in [6.45, 7) is 6.45. The Labute approximate surface area is 153 Å². The van der Waals surface area contributed by atoms with Gasteiger partial charge in [0.05, 0.1) is 11.8 Å². The molecule has 0 amide bonds. The number of hydrogen-bond acceptors (Lipinski definition) is 3. The number of esters is 1. The Balaban J connectivity index is 2.82. The van der Waals surface area contributed by atoms with E-state index in [9.17, 15) is 14.7 Å². The Kier molecular flexibility index (Phi) is 10.1. The van der Waals surface area contributed by atoms with Crippen molar-refractivity contribution in [3.05, 3.63) is 0 Å². The van der Waals surface area contributed by atoms with Crippen molar-refractivity contribution in [3.63, 3.8) is 0 Å². The third-order valence-electron chi connectivity index (χ3n) is 5.60. The van der Waals surface area contributed by atoms with Crippen molar-refractivity contribution in [3.8, 4) is 0 Å². The quantitative estimate of drug-likeness (QED) is 0.359. The van der Waals surface area contributed by atoms with Gasteiger partial charge in [-0.2, -0.15) is 0 Å². The molecule has 0 aromatic heterocycles. The fourth-order valence-electron chi connectivity index (χ4n) is 4.31. The zero-order chi connectivity index (χ0) is 18.7. The van der Waals surface area contributed by atoms with E-state index in [-0.39, 0.29) is 5.97 Å². The van der Waals surface area contributed by atoms with Crippen molar-refractivity contribution in [2.24, 2.45) is 11.8 Å². The molecule has 1 rings (SSSR count). The minimum Gasteiger partial charge on any atom is -0.481 e. The molecular weight excluding hydrogens is 316 g/mol. The Morgan fingerprint density at radius 2 is 1.48 bits per heavy atom. The number of ether oxygens (including phenoxy) is 1. The third kappa shape index (κ3) is 6.99. The summed E-state index contributed by atoms with van der Waals surface area (Å²) in [5.41, 5.74) is -0.394. The fourth-order valence-corrected chi connectivity index (χ4v) is 4.31. The first kappa shape index (κ1) is 22.0. The molecule has 1 aliphatic carbocycles. The molecule has 0 radical (unpaired) electrons. The van der Waals surface area contributed by atoms with Gasteiger partial charge in [0.25, 0.3) is 0 Å². The maximum absolute atomic E-state index is 12.9. The van der Waals surface area contributed by atoms with Crippen LogP contribution in [0.2, 0.25) is 0 Å². The van der Waals surface area contributed by atoms with Gasteiger partial charge in [-0.3, -0.25) is 9.59 Å². The lowest BCUT2D eigenvalue weighted by molar-refractivity contribution is -0.175. The standard InChI is InChI=1S/C21H38O4/c1-4-7-8-11-16-21(14-5-2,15-6-3)25-20(24)18-13-10-9-12-17(18)19(22)23/h17-18H,4-16H2,1-3H3,(H,22,23). The van der Waals surface area contributed by atoms with Gasteiger partial charge in [-0.25, -0.2) is 0 Å². The van der Waals surface area contributed by atoms with E-state index in [1.807, 2.05) is 0 Å². The van der Waals surface area contributed by atoms with E-state index in [4.69, 9.17) is 4.74 Å². The predicted octanol–water partition coefficient (Wildman–Crippen LogP) is 5.73. The normalized spacial score (nSPS) is 21.1. The fraction of sp³-hybridized carbons (Fsp3) is 0.905. The van der Waals surface area contributed by atoms with Crippen molar-refractivity contribution in [2.75, 3.05) is 0 Å². The second-order valence-electron chi connectivity index (χ2n) is 7.75. The van der Waals surface area contributed by atoms with Gasteiger partial charge in [0, 0.05) is 0 Å². The Hall–Kier alpha value is -1.06. The summed E-state index contributed by atoms with van der Waals surface area (Å²) in [4.78, 5) is 24.4. The van der Waals surface area contributed by atoms with E-state index >= 15 is 0 Å². The lowest BCUT2D eigenvalue weighted by Gasteiger charge is -2.37. The number of unbranched alkanes of at least 4 members (excludes halogenated alkanes) is 3. The van der Waals surface area contributed by atoms with Crippen LogP contribution < -0.4 is 0 Å². The summed E-state index contributed by atoms with van der Waals surface area (Å²) in [5, 5.41) is 9.46. The molecule has 2 atom stereocenters. The number of carbonyl (C=O) groups is 2. The van der Waals surface area contributed by atoms with Gasteiger partial charge in [0.2, 0.25) is 0 Å². The molecule has 1 saturated carbocycles. The van der Waals surface area contributed by atoms with Gasteiger partial charge in [-0.05, 0) is 38.5 Å². The van der Waals surface area contributed by atoms with Crippen molar-refractivity contribution >= 4 is 11.9 Å². The van der Waals surface area contributed by atoms with Crippen LogP contribution in [0.3, 0.4) is 0 Å². The van der Waals surface area contributed by atoms with Gasteiger partial charge in [-0.15, -0.1) is 0 Å². The second-order valence-corrected chi connectivity index (χ2v) is 7.75. The predicted molar refractivity (Wildman–Crippen MR) is 100 cm³/mol. The Morgan fingerprint density at radius 1 is 0.880 bits per heavy atom. The molecule has 0 aliphatic heterocycles. The van der Waals surface area contributed by atoms with Crippen LogP contribution in [-0.2, 0) is 14.3 Å². The average Bonchev–Trinajstić information content (AvgIpc) is 2.59. The molecule has 1 fully saturated rings. The number of rotatable bonds is 12. The van der Waals surface area contributed by atoms with E-state index < -0.39 is 23.4 Å². The monoisotopic (exact) mass is 354 g/mol. The van der Waals surface area contributed by atoms with Crippen LogP contribution in [0.25, 0.3) is 0 Å². The van der Waals surface area contributed by atoms with Gasteiger partial charge in [0.1, 0.15) is 5.60 Å². The van der Waals surface area contributed by atoms with Crippen molar-refractivity contribution in [1.82, 2.24) is 0 Å². The van der Waals surface area contributed by atoms with Crippen LogP contribution >= 0.6 is 0 Å². The van der Waals surface area contributed by atoms with E-state index in [0.29, 0.717) is 12.8 Å². The average molecular weight is 355 g/mol. The summed E-state index contributed by atoms with van der Waals surface area (Å²) in [5.74, 6) is -2.14. The highest BCUT2D eigenvalue weighted by atomic mass is 16.6. The zero-order valence-corrected chi connectivity index (χ0v) is 16.5. The summed E-state index contributed by atoms with van der Waals surface area (Å²) >= 11 is 0. The first-order chi connectivity index (χ1) is 12.0. The van der Waals surface area contributed by atoms with Crippen molar-refractivity contribution in [1.29, 1.82) is 0 Å². The maximum atomic E-state index is 12.9. The smallest absolute Gasteiger partial charge is 0.310 e. The molecule has 0 heterocycles. The number of aliphatic carboxylic acids is 1. The van der Waals surface area contributed by atoms with Crippen LogP contribution in [0.4, 0.5) is 0 Å². The molecule has 0 bridgehead atoms. The van der Waals surface area contributed by atoms with E-state index in [1.165, 1.54) is 19.3 Å². The number of carbonyl (C=O) groups excluding carboxylic acids is 1. The highest BCUT2D eigenvalue weighted by molar-refractivity contribution is 5.81. The Bertz CT molecular complexity index is 399. The third-order valence-corrected chi connectivity index (χ3v) is 5.60. The second kappa shape index (κ2) is 11.5. The molecule has 0 aromatic rings. The van der Waals surface area contributed by atoms with Crippen LogP contribution in [0.5, 0.6) is 0 Å². The Morgan fingerprint density at radius 3 is 2.00 bits per heavy atom. The first-order valence-corrected chi connectivity index (χ1v) is 10.4. The number of hydrogen-bond donors (Lipinski definition) is 1. The maximum Gasteiger partial charge on any atom is 0.310 e. The van der Waals surface area contributed by atoms with Crippen LogP contribution in [0, 0.1) is 11.8 Å². The van der Waals surface area contributed by atoms with Gasteiger partial charge in [0.15, 0.2) is 0 Å². The molecule has 4 heteroatoms. The van der Waals surface area contributed by atoms with Gasteiger partial charge in [-0.1, -0.05) is 65.7 Å². The topological polar surface area (TPSA) is 63.6 Å². The molecular formula is C21H38O4.